The zero-order valence-electron chi connectivity index (χ0n) is 10.6. The van der Waals surface area contributed by atoms with Crippen LogP contribution in [0.1, 0.15) is 26.2 Å². The molecule has 1 aliphatic rings. The summed E-state index contributed by atoms with van der Waals surface area (Å²) in [6.07, 6.45) is 2.06. The third kappa shape index (κ3) is 4.73. The van der Waals surface area contributed by atoms with Gasteiger partial charge in [0.1, 0.15) is 0 Å². The van der Waals surface area contributed by atoms with Crippen LogP contribution < -0.4 is 0 Å². The van der Waals surface area contributed by atoms with Crippen molar-refractivity contribution in [1.82, 2.24) is 4.90 Å². The topological polar surface area (TPSA) is 55.8 Å². The van der Waals surface area contributed by atoms with E-state index in [2.05, 4.69) is 9.64 Å². The Morgan fingerprint density at radius 2 is 1.94 bits per heavy atom. The normalized spacial score (nSPS) is 17.8. The minimum atomic E-state index is -0.183. The highest BCUT2D eigenvalue weighted by atomic mass is 16.5. The van der Waals surface area contributed by atoms with Gasteiger partial charge in [0, 0.05) is 6.54 Å². The predicted molar refractivity (Wildman–Crippen MR) is 62.4 cm³/mol. The standard InChI is InChI=1S/C12H21NO4/c1-3-17-12(15)10-4-7-13(8-5-10)9-6-11(14)16-2/h10H,3-9H2,1-2H3. The molecule has 0 amide bonds. The molecule has 0 aromatic heterocycles. The van der Waals surface area contributed by atoms with Crippen molar-refractivity contribution in [1.29, 1.82) is 0 Å². The zero-order chi connectivity index (χ0) is 12.7. The molecule has 1 aliphatic heterocycles. The van der Waals surface area contributed by atoms with Crippen molar-refractivity contribution in [2.45, 2.75) is 26.2 Å². The number of esters is 2. The van der Waals surface area contributed by atoms with Gasteiger partial charge in [0.15, 0.2) is 0 Å². The Labute approximate surface area is 102 Å². The molecule has 0 saturated carbocycles. The monoisotopic (exact) mass is 243 g/mol. The number of rotatable bonds is 5. The van der Waals surface area contributed by atoms with E-state index >= 15 is 0 Å². The van der Waals surface area contributed by atoms with Crippen molar-refractivity contribution in [3.8, 4) is 0 Å². The second-order valence-electron chi connectivity index (χ2n) is 4.19. The average molecular weight is 243 g/mol. The first-order valence-electron chi connectivity index (χ1n) is 6.13. The number of likely N-dealkylation sites (tertiary alicyclic amines) is 1. The summed E-state index contributed by atoms with van der Waals surface area (Å²) in [7, 11) is 1.40. The number of nitrogens with zero attached hydrogens (tertiary/aromatic N) is 1. The van der Waals surface area contributed by atoms with Crippen LogP contribution in [0.15, 0.2) is 0 Å². The highest BCUT2D eigenvalue weighted by Gasteiger charge is 2.25. The van der Waals surface area contributed by atoms with Gasteiger partial charge in [0.05, 0.1) is 26.1 Å². The summed E-state index contributed by atoms with van der Waals surface area (Å²) in [4.78, 5) is 24.7. The lowest BCUT2D eigenvalue weighted by Gasteiger charge is -2.30. The summed E-state index contributed by atoms with van der Waals surface area (Å²) in [6.45, 7) is 4.67. The number of carbonyl (C=O) groups is 2. The molecule has 0 aromatic carbocycles. The van der Waals surface area contributed by atoms with E-state index in [0.717, 1.165) is 25.9 Å². The fourth-order valence-corrected chi connectivity index (χ4v) is 2.00. The molecule has 1 saturated heterocycles. The molecule has 17 heavy (non-hydrogen) atoms. The Hall–Kier alpha value is -1.10. The Balaban J connectivity index is 2.21. The van der Waals surface area contributed by atoms with E-state index in [9.17, 15) is 9.59 Å². The summed E-state index contributed by atoms with van der Waals surface area (Å²) in [5.74, 6) is -0.234. The maximum Gasteiger partial charge on any atom is 0.309 e. The van der Waals surface area contributed by atoms with E-state index < -0.39 is 0 Å². The minimum absolute atomic E-state index is 0.0318. The maximum atomic E-state index is 11.5. The smallest absolute Gasteiger partial charge is 0.309 e. The Bertz CT molecular complexity index is 259. The van der Waals surface area contributed by atoms with Gasteiger partial charge in [0.2, 0.25) is 0 Å². The lowest BCUT2D eigenvalue weighted by atomic mass is 9.97. The average Bonchev–Trinajstić information content (AvgIpc) is 2.36. The van der Waals surface area contributed by atoms with Gasteiger partial charge >= 0.3 is 11.9 Å². The van der Waals surface area contributed by atoms with Crippen LogP contribution in [0.4, 0.5) is 0 Å². The van der Waals surface area contributed by atoms with Crippen molar-refractivity contribution >= 4 is 11.9 Å². The molecule has 0 atom stereocenters. The lowest BCUT2D eigenvalue weighted by molar-refractivity contribution is -0.150. The molecule has 1 fully saturated rings. The molecular weight excluding hydrogens is 222 g/mol. The molecule has 5 nitrogen and oxygen atoms in total. The molecule has 1 rings (SSSR count). The third-order valence-corrected chi connectivity index (χ3v) is 3.07. The molecule has 0 aliphatic carbocycles. The number of carbonyl (C=O) groups excluding carboxylic acids is 2. The molecule has 0 radical (unpaired) electrons. The SMILES string of the molecule is CCOC(=O)C1CCN(CCC(=O)OC)CC1. The summed E-state index contributed by atoms with van der Waals surface area (Å²) in [6, 6.07) is 0. The highest BCUT2D eigenvalue weighted by Crippen LogP contribution is 2.18. The van der Waals surface area contributed by atoms with Crippen LogP contribution in [-0.2, 0) is 19.1 Å². The van der Waals surface area contributed by atoms with Crippen LogP contribution in [0.2, 0.25) is 0 Å². The number of methoxy groups -OCH3 is 1. The van der Waals surface area contributed by atoms with E-state index in [4.69, 9.17) is 4.74 Å². The molecule has 0 spiro atoms. The molecule has 0 aromatic rings. The van der Waals surface area contributed by atoms with Crippen molar-refractivity contribution in [2.24, 2.45) is 5.92 Å². The molecule has 98 valence electrons. The van der Waals surface area contributed by atoms with Gasteiger partial charge in [-0.25, -0.2) is 0 Å². The second kappa shape index (κ2) is 7.27. The summed E-state index contributed by atoms with van der Waals surface area (Å²) in [5, 5.41) is 0. The summed E-state index contributed by atoms with van der Waals surface area (Å²) >= 11 is 0. The number of piperidine rings is 1. The first-order valence-corrected chi connectivity index (χ1v) is 6.13. The van der Waals surface area contributed by atoms with E-state index in [1.54, 1.807) is 0 Å². The first-order chi connectivity index (χ1) is 8.17. The molecule has 0 unspecified atom stereocenters. The van der Waals surface area contributed by atoms with Crippen LogP contribution in [-0.4, -0.2) is 50.2 Å². The largest absolute Gasteiger partial charge is 0.469 e. The Morgan fingerprint density at radius 1 is 1.29 bits per heavy atom. The number of hydrogen-bond donors (Lipinski definition) is 0. The number of ether oxygens (including phenoxy) is 2. The fourth-order valence-electron chi connectivity index (χ4n) is 2.00. The zero-order valence-corrected chi connectivity index (χ0v) is 10.6. The first kappa shape index (κ1) is 14.0. The Kier molecular flexibility index (Phi) is 5.97. The fraction of sp³-hybridized carbons (Fsp3) is 0.833. The van der Waals surface area contributed by atoms with Gasteiger partial charge in [-0.2, -0.15) is 0 Å². The quantitative estimate of drug-likeness (QED) is 0.669. The summed E-state index contributed by atoms with van der Waals surface area (Å²) in [5.41, 5.74) is 0. The van der Waals surface area contributed by atoms with Crippen molar-refractivity contribution < 1.29 is 19.1 Å². The van der Waals surface area contributed by atoms with Crippen LogP contribution in [0.5, 0.6) is 0 Å². The van der Waals surface area contributed by atoms with E-state index in [-0.39, 0.29) is 17.9 Å². The summed E-state index contributed by atoms with van der Waals surface area (Å²) < 4.78 is 9.59. The van der Waals surface area contributed by atoms with E-state index in [1.807, 2.05) is 6.92 Å². The molecule has 5 heteroatoms. The molecule has 0 bridgehead atoms. The highest BCUT2D eigenvalue weighted by molar-refractivity contribution is 5.72. The van der Waals surface area contributed by atoms with Crippen molar-refractivity contribution in [2.75, 3.05) is 33.4 Å². The van der Waals surface area contributed by atoms with Crippen LogP contribution in [0.25, 0.3) is 0 Å². The van der Waals surface area contributed by atoms with Gasteiger partial charge in [-0.15, -0.1) is 0 Å². The maximum absolute atomic E-state index is 11.5. The van der Waals surface area contributed by atoms with Gasteiger partial charge < -0.3 is 14.4 Å². The van der Waals surface area contributed by atoms with Gasteiger partial charge in [-0.1, -0.05) is 0 Å². The molecular formula is C12H21NO4. The molecule has 1 heterocycles. The lowest BCUT2D eigenvalue weighted by Crippen LogP contribution is -2.38. The second-order valence-corrected chi connectivity index (χ2v) is 4.19. The van der Waals surface area contributed by atoms with Crippen molar-refractivity contribution in [3.05, 3.63) is 0 Å². The van der Waals surface area contributed by atoms with E-state index in [1.165, 1.54) is 7.11 Å². The van der Waals surface area contributed by atoms with Crippen LogP contribution >= 0.6 is 0 Å². The van der Waals surface area contributed by atoms with Gasteiger partial charge in [-0.3, -0.25) is 9.59 Å². The Morgan fingerprint density at radius 3 is 2.47 bits per heavy atom. The predicted octanol–water partition coefficient (Wildman–Crippen LogP) is 0.825. The van der Waals surface area contributed by atoms with E-state index in [0.29, 0.717) is 19.6 Å². The third-order valence-electron chi connectivity index (χ3n) is 3.07. The minimum Gasteiger partial charge on any atom is -0.469 e. The number of hydrogen-bond acceptors (Lipinski definition) is 5. The molecule has 0 N–H and O–H groups in total. The van der Waals surface area contributed by atoms with Crippen LogP contribution in [0, 0.1) is 5.92 Å². The van der Waals surface area contributed by atoms with Crippen molar-refractivity contribution in [3.63, 3.8) is 0 Å². The van der Waals surface area contributed by atoms with Gasteiger partial charge in [0.25, 0.3) is 0 Å². The van der Waals surface area contributed by atoms with Gasteiger partial charge in [-0.05, 0) is 32.9 Å². The van der Waals surface area contributed by atoms with Crippen LogP contribution in [0.3, 0.4) is 0 Å².